The van der Waals surface area contributed by atoms with Gasteiger partial charge in [-0.3, -0.25) is 0 Å². The Hall–Kier alpha value is -1.83. The van der Waals surface area contributed by atoms with E-state index in [0.29, 0.717) is 6.61 Å². The number of aliphatic hydroxyl groups is 2. The van der Waals surface area contributed by atoms with Crippen LogP contribution < -0.4 is 0 Å². The Morgan fingerprint density at radius 3 is 2.45 bits per heavy atom. The van der Waals surface area contributed by atoms with Crippen LogP contribution in [0.1, 0.15) is 5.56 Å². The van der Waals surface area contributed by atoms with Crippen LogP contribution in [-0.4, -0.2) is 50.6 Å². The number of nitrogens with zero attached hydrogens (tertiary/aromatic N) is 1. The predicted octanol–water partition coefficient (Wildman–Crippen LogP) is 0.562. The van der Waals surface area contributed by atoms with E-state index in [1.807, 2.05) is 6.92 Å². The van der Waals surface area contributed by atoms with Crippen molar-refractivity contribution in [1.82, 2.24) is 0 Å². The number of isocyanates is 1. The summed E-state index contributed by atoms with van der Waals surface area (Å²) in [6.07, 6.45) is 1.84. The highest BCUT2D eigenvalue weighted by atomic mass is 32.2. The van der Waals surface area contributed by atoms with Crippen LogP contribution in [0.3, 0.4) is 0 Å². The molecule has 22 heavy (non-hydrogen) atoms. The molecule has 0 radical (unpaired) electrons. The number of benzene rings is 1. The summed E-state index contributed by atoms with van der Waals surface area (Å²) in [6.45, 7) is 5.58. The Kier molecular flexibility index (Phi) is 9.93. The highest BCUT2D eigenvalue weighted by Gasteiger charge is 2.10. The summed E-state index contributed by atoms with van der Waals surface area (Å²) in [5.74, 6) is 0. The topological polar surface area (TPSA) is 113 Å². The van der Waals surface area contributed by atoms with E-state index in [0.717, 1.165) is 11.6 Å². The second-order valence-corrected chi connectivity index (χ2v) is 5.74. The van der Waals surface area contributed by atoms with Crippen LogP contribution in [0.15, 0.2) is 46.2 Å². The van der Waals surface area contributed by atoms with Crippen LogP contribution in [0.25, 0.3) is 0 Å². The summed E-state index contributed by atoms with van der Waals surface area (Å²) >= 11 is 0. The largest absolute Gasteiger partial charge is 0.394 e. The first-order valence-corrected chi connectivity index (χ1v) is 7.69. The molecule has 0 heterocycles. The molecule has 0 bridgehead atoms. The molecule has 2 N–H and O–H groups in total. The SMILES string of the molecule is C=CCOCC(O)CO.Cc1ccc(S(=O)(=O)N=C=O)cc1. The lowest BCUT2D eigenvalue weighted by molar-refractivity contribution is 0.0150. The number of aryl methyl sites for hydroxylation is 1. The first-order chi connectivity index (χ1) is 10.4. The molecule has 0 aliphatic carbocycles. The van der Waals surface area contributed by atoms with Gasteiger partial charge in [0.2, 0.25) is 0 Å². The fraction of sp³-hybridized carbons (Fsp3) is 0.357. The lowest BCUT2D eigenvalue weighted by Gasteiger charge is -2.04. The van der Waals surface area contributed by atoms with Crippen LogP contribution in [0.5, 0.6) is 0 Å². The molecule has 0 aromatic heterocycles. The average molecular weight is 329 g/mol. The maximum atomic E-state index is 11.1. The summed E-state index contributed by atoms with van der Waals surface area (Å²) < 4.78 is 29.8. The van der Waals surface area contributed by atoms with E-state index in [1.165, 1.54) is 12.1 Å². The molecule has 1 atom stereocenters. The first-order valence-electron chi connectivity index (χ1n) is 6.25. The summed E-state index contributed by atoms with van der Waals surface area (Å²) in [6, 6.07) is 6.05. The first kappa shape index (κ1) is 20.2. The Labute approximate surface area is 129 Å². The van der Waals surface area contributed by atoms with Crippen molar-refractivity contribution in [2.75, 3.05) is 19.8 Å². The van der Waals surface area contributed by atoms with Crippen LogP contribution in [0, 0.1) is 6.92 Å². The predicted molar refractivity (Wildman–Crippen MR) is 80.6 cm³/mol. The van der Waals surface area contributed by atoms with Crippen molar-refractivity contribution in [2.45, 2.75) is 17.9 Å². The molecule has 0 aliphatic heterocycles. The van der Waals surface area contributed by atoms with E-state index < -0.39 is 16.1 Å². The molecule has 0 spiro atoms. The third-order valence-electron chi connectivity index (χ3n) is 2.23. The molecule has 1 rings (SSSR count). The maximum absolute atomic E-state index is 11.1. The molecule has 122 valence electrons. The average Bonchev–Trinajstić information content (AvgIpc) is 2.48. The van der Waals surface area contributed by atoms with Crippen LogP contribution in [0.4, 0.5) is 0 Å². The second-order valence-electron chi connectivity index (χ2n) is 4.13. The lowest BCUT2D eigenvalue weighted by atomic mass is 10.2. The molecule has 1 unspecified atom stereocenters. The van der Waals surface area contributed by atoms with Crippen molar-refractivity contribution in [3.8, 4) is 0 Å². The highest BCUT2D eigenvalue weighted by molar-refractivity contribution is 7.90. The second kappa shape index (κ2) is 10.8. The molecule has 1 aromatic carbocycles. The van der Waals surface area contributed by atoms with Gasteiger partial charge >= 0.3 is 0 Å². The van der Waals surface area contributed by atoms with Gasteiger partial charge in [-0.25, -0.2) is 4.79 Å². The number of carbonyl (C=O) groups excluding carboxylic acids is 1. The Morgan fingerprint density at radius 1 is 1.41 bits per heavy atom. The van der Waals surface area contributed by atoms with Crippen molar-refractivity contribution in [3.63, 3.8) is 0 Å². The number of hydrogen-bond acceptors (Lipinski definition) is 6. The maximum Gasteiger partial charge on any atom is 0.292 e. The zero-order chi connectivity index (χ0) is 17.0. The third-order valence-corrected chi connectivity index (χ3v) is 3.42. The Morgan fingerprint density at radius 2 is 2.00 bits per heavy atom. The number of ether oxygens (including phenoxy) is 1. The fourth-order valence-corrected chi connectivity index (χ4v) is 1.84. The summed E-state index contributed by atoms with van der Waals surface area (Å²) in [7, 11) is -3.83. The molecule has 0 fully saturated rings. The zero-order valence-corrected chi connectivity index (χ0v) is 13.0. The van der Waals surface area contributed by atoms with E-state index in [-0.39, 0.29) is 18.1 Å². The molecular weight excluding hydrogens is 310 g/mol. The minimum absolute atomic E-state index is 0.00134. The van der Waals surface area contributed by atoms with Crippen molar-refractivity contribution < 1.29 is 28.2 Å². The Bertz CT molecular complexity index is 590. The highest BCUT2D eigenvalue weighted by Crippen LogP contribution is 2.11. The van der Waals surface area contributed by atoms with Gasteiger partial charge in [0, 0.05) is 0 Å². The van der Waals surface area contributed by atoms with Gasteiger partial charge in [-0.2, -0.15) is 8.42 Å². The van der Waals surface area contributed by atoms with Crippen LogP contribution in [-0.2, 0) is 19.6 Å². The number of aliphatic hydroxyl groups excluding tert-OH is 2. The molecule has 0 aliphatic rings. The standard InChI is InChI=1S/C8H7NO3S.C6H12O3/c1-7-2-4-8(5-3-7)13(11,12)9-6-10;1-2-3-9-5-6(8)4-7/h2-5H,1H3;2,6-8H,1,3-5H2. The van der Waals surface area contributed by atoms with E-state index in [4.69, 9.17) is 14.9 Å². The van der Waals surface area contributed by atoms with Crippen molar-refractivity contribution in [1.29, 1.82) is 0 Å². The summed E-state index contributed by atoms with van der Waals surface area (Å²) in [5.41, 5.74) is 0.939. The molecule has 0 saturated heterocycles. The van der Waals surface area contributed by atoms with Gasteiger partial charge in [-0.1, -0.05) is 28.2 Å². The monoisotopic (exact) mass is 329 g/mol. The van der Waals surface area contributed by atoms with E-state index >= 15 is 0 Å². The molecule has 0 amide bonds. The van der Waals surface area contributed by atoms with E-state index in [2.05, 4.69) is 11.0 Å². The van der Waals surface area contributed by atoms with Gasteiger partial charge in [0.25, 0.3) is 16.1 Å². The van der Waals surface area contributed by atoms with Crippen molar-refractivity contribution >= 4 is 16.1 Å². The molecular formula is C14H19NO6S. The lowest BCUT2D eigenvalue weighted by Crippen LogP contribution is -2.19. The van der Waals surface area contributed by atoms with Crippen LogP contribution in [0.2, 0.25) is 0 Å². The quantitative estimate of drug-likeness (QED) is 0.327. The number of hydrogen-bond donors (Lipinski definition) is 2. The summed E-state index contributed by atoms with van der Waals surface area (Å²) in [4.78, 5) is 9.79. The fourth-order valence-electron chi connectivity index (χ4n) is 1.15. The van der Waals surface area contributed by atoms with Gasteiger partial charge in [0.1, 0.15) is 6.10 Å². The van der Waals surface area contributed by atoms with Crippen molar-refractivity contribution in [2.24, 2.45) is 4.40 Å². The minimum atomic E-state index is -3.83. The van der Waals surface area contributed by atoms with E-state index in [9.17, 15) is 13.2 Å². The van der Waals surface area contributed by atoms with Crippen molar-refractivity contribution in [3.05, 3.63) is 42.5 Å². The number of rotatable bonds is 7. The van der Waals surface area contributed by atoms with Crippen LogP contribution >= 0.6 is 0 Å². The molecule has 7 nitrogen and oxygen atoms in total. The molecule has 8 heteroatoms. The smallest absolute Gasteiger partial charge is 0.292 e. The van der Waals surface area contributed by atoms with E-state index in [1.54, 1.807) is 18.2 Å². The summed E-state index contributed by atoms with van der Waals surface area (Å²) in [5, 5.41) is 17.0. The Balaban J connectivity index is 0.000000433. The molecule has 0 saturated carbocycles. The molecule has 1 aromatic rings. The van der Waals surface area contributed by atoms with Gasteiger partial charge in [0.05, 0.1) is 24.7 Å². The number of sulfonamides is 1. The third kappa shape index (κ3) is 8.46. The minimum Gasteiger partial charge on any atom is -0.394 e. The van der Waals surface area contributed by atoms with Gasteiger partial charge in [-0.15, -0.1) is 6.58 Å². The zero-order valence-electron chi connectivity index (χ0n) is 12.2. The van der Waals surface area contributed by atoms with Gasteiger partial charge in [-0.05, 0) is 19.1 Å². The van der Waals surface area contributed by atoms with Gasteiger partial charge in [0.15, 0.2) is 0 Å². The van der Waals surface area contributed by atoms with Gasteiger partial charge < -0.3 is 14.9 Å². The normalized spacial score (nSPS) is 11.6.